The fourth-order valence-corrected chi connectivity index (χ4v) is 1.49. The summed E-state index contributed by atoms with van der Waals surface area (Å²) in [7, 11) is 0. The minimum Gasteiger partial charge on any atom is -0.478 e. The summed E-state index contributed by atoms with van der Waals surface area (Å²) >= 11 is 5.75. The first-order valence-electron chi connectivity index (χ1n) is 5.16. The Kier molecular flexibility index (Phi) is 3.69. The number of benzene rings is 2. The summed E-state index contributed by atoms with van der Waals surface area (Å²) in [6, 6.07) is 13.2. The van der Waals surface area contributed by atoms with Gasteiger partial charge in [0.2, 0.25) is 0 Å². The highest BCUT2D eigenvalue weighted by Crippen LogP contribution is 2.23. The normalized spacial score (nSPS) is 10.7. The number of halogens is 1. The standard InChI is InChI=1S/C13H9ClN2O2/c14-9-5-7-10(8-6-9)15-16-12-4-2-1-3-11(12)13(17)18/h1-8H,(H,17,18). The largest absolute Gasteiger partial charge is 0.478 e. The summed E-state index contributed by atoms with van der Waals surface area (Å²) < 4.78 is 0. The molecule has 0 saturated carbocycles. The Morgan fingerprint density at radius 2 is 1.67 bits per heavy atom. The molecule has 0 saturated heterocycles. The lowest BCUT2D eigenvalue weighted by Gasteiger charge is -1.98. The summed E-state index contributed by atoms with van der Waals surface area (Å²) in [5.74, 6) is -1.03. The molecule has 0 aliphatic rings. The molecule has 1 N–H and O–H groups in total. The number of nitrogens with zero attached hydrogens (tertiary/aromatic N) is 2. The second-order valence-electron chi connectivity index (χ2n) is 3.50. The Morgan fingerprint density at radius 3 is 2.33 bits per heavy atom. The van der Waals surface area contributed by atoms with E-state index in [1.807, 2.05) is 0 Å². The minimum absolute atomic E-state index is 0.121. The third-order valence-electron chi connectivity index (χ3n) is 2.23. The van der Waals surface area contributed by atoms with Crippen LogP contribution in [0.5, 0.6) is 0 Å². The Bertz CT molecular complexity index is 594. The van der Waals surface area contributed by atoms with Crippen molar-refractivity contribution in [3.05, 3.63) is 59.1 Å². The van der Waals surface area contributed by atoms with E-state index in [0.717, 1.165) is 0 Å². The molecule has 0 bridgehead atoms. The van der Waals surface area contributed by atoms with Crippen LogP contribution in [0.3, 0.4) is 0 Å². The molecule has 0 aromatic heterocycles. The van der Waals surface area contributed by atoms with Gasteiger partial charge in [-0.1, -0.05) is 23.7 Å². The smallest absolute Gasteiger partial charge is 0.337 e. The molecule has 5 heteroatoms. The maximum atomic E-state index is 11.0. The topological polar surface area (TPSA) is 62.0 Å². The quantitative estimate of drug-likeness (QED) is 0.829. The lowest BCUT2D eigenvalue weighted by Crippen LogP contribution is -1.95. The second kappa shape index (κ2) is 5.42. The molecular formula is C13H9ClN2O2. The van der Waals surface area contributed by atoms with Gasteiger partial charge in [-0.25, -0.2) is 4.79 Å². The third-order valence-corrected chi connectivity index (χ3v) is 2.49. The van der Waals surface area contributed by atoms with Crippen LogP contribution in [0.2, 0.25) is 5.02 Å². The van der Waals surface area contributed by atoms with Crippen LogP contribution in [-0.4, -0.2) is 11.1 Å². The highest BCUT2D eigenvalue weighted by Gasteiger charge is 2.07. The molecule has 0 radical (unpaired) electrons. The number of carbonyl (C=O) groups is 1. The summed E-state index contributed by atoms with van der Waals surface area (Å²) in [4.78, 5) is 11.0. The monoisotopic (exact) mass is 260 g/mol. The average molecular weight is 261 g/mol. The number of carboxylic acids is 1. The zero-order valence-electron chi connectivity index (χ0n) is 9.25. The van der Waals surface area contributed by atoms with Crippen LogP contribution in [0.25, 0.3) is 0 Å². The molecule has 2 aromatic rings. The van der Waals surface area contributed by atoms with Gasteiger partial charge >= 0.3 is 5.97 Å². The van der Waals surface area contributed by atoms with Gasteiger partial charge in [0, 0.05) is 5.02 Å². The van der Waals surface area contributed by atoms with Gasteiger partial charge in [-0.2, -0.15) is 5.11 Å². The van der Waals surface area contributed by atoms with Crippen molar-refractivity contribution in [3.63, 3.8) is 0 Å². The van der Waals surface area contributed by atoms with Crippen molar-refractivity contribution < 1.29 is 9.90 Å². The highest BCUT2D eigenvalue weighted by atomic mass is 35.5. The molecular weight excluding hydrogens is 252 g/mol. The highest BCUT2D eigenvalue weighted by molar-refractivity contribution is 6.30. The SMILES string of the molecule is O=C(O)c1ccccc1N=Nc1ccc(Cl)cc1. The van der Waals surface area contributed by atoms with E-state index in [9.17, 15) is 4.79 Å². The Morgan fingerprint density at radius 1 is 1.00 bits per heavy atom. The maximum absolute atomic E-state index is 11.0. The van der Waals surface area contributed by atoms with E-state index >= 15 is 0 Å². The average Bonchev–Trinajstić information content (AvgIpc) is 2.38. The summed E-state index contributed by atoms with van der Waals surface area (Å²) in [5.41, 5.74) is 1.05. The van der Waals surface area contributed by atoms with E-state index in [2.05, 4.69) is 10.2 Å². The lowest BCUT2D eigenvalue weighted by atomic mass is 10.2. The molecule has 0 heterocycles. The Hall–Kier alpha value is -2.20. The van der Waals surface area contributed by atoms with Crippen LogP contribution in [0.15, 0.2) is 58.8 Å². The lowest BCUT2D eigenvalue weighted by molar-refractivity contribution is 0.0698. The van der Waals surface area contributed by atoms with Gasteiger partial charge in [-0.05, 0) is 36.4 Å². The molecule has 0 aliphatic heterocycles. The molecule has 2 rings (SSSR count). The van der Waals surface area contributed by atoms with Crippen molar-refractivity contribution in [2.45, 2.75) is 0 Å². The Labute approximate surface area is 109 Å². The van der Waals surface area contributed by atoms with Crippen LogP contribution in [0.4, 0.5) is 11.4 Å². The molecule has 2 aromatic carbocycles. The van der Waals surface area contributed by atoms with Crippen LogP contribution in [-0.2, 0) is 0 Å². The molecule has 90 valence electrons. The van der Waals surface area contributed by atoms with Crippen LogP contribution < -0.4 is 0 Å². The van der Waals surface area contributed by atoms with Crippen molar-refractivity contribution in [1.82, 2.24) is 0 Å². The van der Waals surface area contributed by atoms with E-state index in [1.54, 1.807) is 42.5 Å². The zero-order chi connectivity index (χ0) is 13.0. The van der Waals surface area contributed by atoms with Gasteiger partial charge in [0.25, 0.3) is 0 Å². The summed E-state index contributed by atoms with van der Waals surface area (Å²) in [5, 5.41) is 17.5. The van der Waals surface area contributed by atoms with Crippen LogP contribution in [0, 0.1) is 0 Å². The number of carboxylic acid groups (broad SMARTS) is 1. The van der Waals surface area contributed by atoms with E-state index in [-0.39, 0.29) is 5.56 Å². The van der Waals surface area contributed by atoms with Crippen molar-refractivity contribution in [2.24, 2.45) is 10.2 Å². The number of azo groups is 1. The molecule has 18 heavy (non-hydrogen) atoms. The van der Waals surface area contributed by atoms with Crippen molar-refractivity contribution in [2.75, 3.05) is 0 Å². The van der Waals surface area contributed by atoms with Crippen LogP contribution in [0.1, 0.15) is 10.4 Å². The number of hydrogen-bond donors (Lipinski definition) is 1. The number of aromatic carboxylic acids is 1. The van der Waals surface area contributed by atoms with Crippen molar-refractivity contribution >= 4 is 28.9 Å². The van der Waals surface area contributed by atoms with Crippen molar-refractivity contribution in [1.29, 1.82) is 0 Å². The zero-order valence-corrected chi connectivity index (χ0v) is 10.0. The number of hydrogen-bond acceptors (Lipinski definition) is 3. The van der Waals surface area contributed by atoms with E-state index in [4.69, 9.17) is 16.7 Å². The first kappa shape index (κ1) is 12.3. The van der Waals surface area contributed by atoms with Gasteiger partial charge in [-0.15, -0.1) is 5.11 Å². The predicted octanol–water partition coefficient (Wildman–Crippen LogP) is 4.45. The van der Waals surface area contributed by atoms with Crippen molar-refractivity contribution in [3.8, 4) is 0 Å². The van der Waals surface area contributed by atoms with Gasteiger partial charge in [0.15, 0.2) is 0 Å². The molecule has 0 atom stereocenters. The molecule has 4 nitrogen and oxygen atoms in total. The predicted molar refractivity (Wildman–Crippen MR) is 69.0 cm³/mol. The molecule has 0 unspecified atom stereocenters. The number of rotatable bonds is 3. The van der Waals surface area contributed by atoms with E-state index in [1.165, 1.54) is 6.07 Å². The minimum atomic E-state index is -1.03. The fraction of sp³-hybridized carbons (Fsp3) is 0. The second-order valence-corrected chi connectivity index (χ2v) is 3.94. The molecule has 0 amide bonds. The van der Waals surface area contributed by atoms with E-state index in [0.29, 0.717) is 16.4 Å². The first-order valence-corrected chi connectivity index (χ1v) is 5.54. The summed E-state index contributed by atoms with van der Waals surface area (Å²) in [6.07, 6.45) is 0. The first-order chi connectivity index (χ1) is 8.66. The summed E-state index contributed by atoms with van der Waals surface area (Å²) in [6.45, 7) is 0. The molecule has 0 fully saturated rings. The molecule has 0 aliphatic carbocycles. The molecule has 0 spiro atoms. The fourth-order valence-electron chi connectivity index (χ4n) is 1.36. The van der Waals surface area contributed by atoms with Gasteiger partial charge in [0.05, 0.1) is 11.3 Å². The van der Waals surface area contributed by atoms with Gasteiger partial charge in [0.1, 0.15) is 5.69 Å². The Balaban J connectivity index is 2.29. The van der Waals surface area contributed by atoms with Gasteiger partial charge in [-0.3, -0.25) is 0 Å². The van der Waals surface area contributed by atoms with Gasteiger partial charge < -0.3 is 5.11 Å². The van der Waals surface area contributed by atoms with E-state index < -0.39 is 5.97 Å². The third kappa shape index (κ3) is 2.93. The maximum Gasteiger partial charge on any atom is 0.337 e. The van der Waals surface area contributed by atoms with Crippen LogP contribution >= 0.6 is 11.6 Å².